The van der Waals surface area contributed by atoms with Crippen molar-refractivity contribution in [3.8, 4) is 0 Å². The van der Waals surface area contributed by atoms with Crippen molar-refractivity contribution in [1.29, 1.82) is 0 Å². The van der Waals surface area contributed by atoms with Crippen LogP contribution in [0.25, 0.3) is 0 Å². The molecule has 0 aromatic carbocycles. The van der Waals surface area contributed by atoms with Crippen LogP contribution in [0.15, 0.2) is 18.3 Å². The number of aromatic nitrogens is 1. The molecule has 1 aromatic rings. The molecule has 20 heavy (non-hydrogen) atoms. The summed E-state index contributed by atoms with van der Waals surface area (Å²) in [7, 11) is 1.96. The zero-order valence-electron chi connectivity index (χ0n) is 13.5. The monoisotopic (exact) mass is 277 g/mol. The molecule has 2 rings (SSSR count). The van der Waals surface area contributed by atoms with Gasteiger partial charge in [-0.15, -0.1) is 0 Å². The quantitative estimate of drug-likeness (QED) is 0.922. The predicted molar refractivity (Wildman–Crippen MR) is 83.2 cm³/mol. The second kappa shape index (κ2) is 5.34. The molecule has 0 saturated carbocycles. The first-order chi connectivity index (χ1) is 9.22. The van der Waals surface area contributed by atoms with E-state index in [-0.39, 0.29) is 11.2 Å². The first kappa shape index (κ1) is 15.3. The molecule has 1 fully saturated rings. The van der Waals surface area contributed by atoms with Crippen LogP contribution < -0.4 is 10.2 Å². The largest absolute Gasteiger partial charge is 0.366 e. The minimum atomic E-state index is -0.152. The molecule has 1 atom stereocenters. The predicted octanol–water partition coefficient (Wildman–Crippen LogP) is 2.76. The van der Waals surface area contributed by atoms with E-state index in [4.69, 9.17) is 4.74 Å². The number of pyridine rings is 1. The SMILES string of the molecule is CNC(C)c1ccc(N2CC(C)(C)OC(C)(C)C2)nc1. The number of hydrogen-bond donors (Lipinski definition) is 1. The first-order valence-corrected chi connectivity index (χ1v) is 7.31. The average Bonchev–Trinajstić information content (AvgIpc) is 2.34. The van der Waals surface area contributed by atoms with Crippen molar-refractivity contribution in [2.45, 2.75) is 51.9 Å². The van der Waals surface area contributed by atoms with Crippen LogP contribution in [0.2, 0.25) is 0 Å². The minimum Gasteiger partial charge on any atom is -0.366 e. The number of ether oxygens (including phenoxy) is 1. The summed E-state index contributed by atoms with van der Waals surface area (Å²) in [5.74, 6) is 1.03. The fourth-order valence-corrected chi connectivity index (χ4v) is 2.96. The van der Waals surface area contributed by atoms with Gasteiger partial charge >= 0.3 is 0 Å². The zero-order chi connectivity index (χ0) is 15.0. The van der Waals surface area contributed by atoms with Crippen molar-refractivity contribution in [2.24, 2.45) is 0 Å². The van der Waals surface area contributed by atoms with Crippen molar-refractivity contribution >= 4 is 5.82 Å². The second-order valence-electron chi connectivity index (χ2n) is 6.94. The number of nitrogens with zero attached hydrogens (tertiary/aromatic N) is 2. The fraction of sp³-hybridized carbons (Fsp3) is 0.688. The van der Waals surface area contributed by atoms with Gasteiger partial charge in [0.1, 0.15) is 5.82 Å². The van der Waals surface area contributed by atoms with E-state index in [9.17, 15) is 0 Å². The van der Waals surface area contributed by atoms with Gasteiger partial charge in [0, 0.05) is 25.3 Å². The highest BCUT2D eigenvalue weighted by Gasteiger charge is 2.38. The second-order valence-corrected chi connectivity index (χ2v) is 6.94. The highest BCUT2D eigenvalue weighted by molar-refractivity contribution is 5.41. The van der Waals surface area contributed by atoms with Gasteiger partial charge in [-0.2, -0.15) is 0 Å². The lowest BCUT2D eigenvalue weighted by Crippen LogP contribution is -2.57. The molecule has 1 N–H and O–H groups in total. The summed E-state index contributed by atoms with van der Waals surface area (Å²) in [6.07, 6.45) is 1.96. The van der Waals surface area contributed by atoms with E-state index in [1.54, 1.807) is 0 Å². The maximum Gasteiger partial charge on any atom is 0.128 e. The summed E-state index contributed by atoms with van der Waals surface area (Å²) in [5, 5.41) is 3.23. The van der Waals surface area contributed by atoms with Gasteiger partial charge in [-0.1, -0.05) is 6.07 Å². The van der Waals surface area contributed by atoms with E-state index in [0.29, 0.717) is 6.04 Å². The van der Waals surface area contributed by atoms with E-state index in [0.717, 1.165) is 18.9 Å². The molecule has 0 amide bonds. The third-order valence-electron chi connectivity index (χ3n) is 3.72. The summed E-state index contributed by atoms with van der Waals surface area (Å²) >= 11 is 0. The van der Waals surface area contributed by atoms with Gasteiger partial charge in [-0.3, -0.25) is 0 Å². The summed E-state index contributed by atoms with van der Waals surface area (Å²) in [5.41, 5.74) is 0.906. The summed E-state index contributed by atoms with van der Waals surface area (Å²) < 4.78 is 6.11. The molecule has 112 valence electrons. The van der Waals surface area contributed by atoms with E-state index in [1.165, 1.54) is 5.56 Å². The van der Waals surface area contributed by atoms with Crippen LogP contribution in [-0.2, 0) is 4.74 Å². The highest BCUT2D eigenvalue weighted by atomic mass is 16.5. The third kappa shape index (κ3) is 3.49. The van der Waals surface area contributed by atoms with Crippen molar-refractivity contribution in [1.82, 2.24) is 10.3 Å². The van der Waals surface area contributed by atoms with Gasteiger partial charge in [0.25, 0.3) is 0 Å². The molecule has 0 radical (unpaired) electrons. The standard InChI is InChI=1S/C16H27N3O/c1-12(17-6)13-7-8-14(18-9-13)19-10-15(2,3)20-16(4,5)11-19/h7-9,12,17H,10-11H2,1-6H3. The van der Waals surface area contributed by atoms with E-state index >= 15 is 0 Å². The smallest absolute Gasteiger partial charge is 0.128 e. The number of nitrogens with one attached hydrogen (secondary N) is 1. The van der Waals surface area contributed by atoms with E-state index < -0.39 is 0 Å². The van der Waals surface area contributed by atoms with E-state index in [2.05, 4.69) is 62.0 Å². The maximum atomic E-state index is 6.11. The topological polar surface area (TPSA) is 37.4 Å². The van der Waals surface area contributed by atoms with Crippen molar-refractivity contribution < 1.29 is 4.74 Å². The Bertz CT molecular complexity index is 437. The molecule has 1 aliphatic heterocycles. The molecular weight excluding hydrogens is 250 g/mol. The minimum absolute atomic E-state index is 0.152. The molecule has 1 aromatic heterocycles. The van der Waals surface area contributed by atoms with E-state index in [1.807, 2.05) is 13.2 Å². The first-order valence-electron chi connectivity index (χ1n) is 7.31. The lowest BCUT2D eigenvalue weighted by Gasteiger charge is -2.47. The van der Waals surface area contributed by atoms with Crippen LogP contribution in [0.3, 0.4) is 0 Å². The van der Waals surface area contributed by atoms with Gasteiger partial charge in [0.2, 0.25) is 0 Å². The van der Waals surface area contributed by atoms with Crippen LogP contribution in [0.4, 0.5) is 5.82 Å². The summed E-state index contributed by atoms with van der Waals surface area (Å²) in [4.78, 5) is 6.95. The van der Waals surface area contributed by atoms with Crippen LogP contribution >= 0.6 is 0 Å². The lowest BCUT2D eigenvalue weighted by atomic mass is 9.99. The summed E-state index contributed by atoms with van der Waals surface area (Å²) in [6.45, 7) is 12.4. The Morgan fingerprint density at radius 3 is 2.25 bits per heavy atom. The molecule has 4 heteroatoms. The van der Waals surface area contributed by atoms with Gasteiger partial charge in [-0.05, 0) is 53.3 Å². The van der Waals surface area contributed by atoms with Gasteiger partial charge in [0.05, 0.1) is 11.2 Å². The molecule has 0 spiro atoms. The molecule has 1 unspecified atom stereocenters. The maximum absolute atomic E-state index is 6.11. The molecule has 4 nitrogen and oxygen atoms in total. The van der Waals surface area contributed by atoms with Crippen molar-refractivity contribution in [3.63, 3.8) is 0 Å². The number of hydrogen-bond acceptors (Lipinski definition) is 4. The molecular formula is C16H27N3O. The molecule has 1 saturated heterocycles. The lowest BCUT2D eigenvalue weighted by molar-refractivity contribution is -0.133. The van der Waals surface area contributed by atoms with Gasteiger partial charge in [-0.25, -0.2) is 4.98 Å². The Balaban J connectivity index is 2.18. The fourth-order valence-electron chi connectivity index (χ4n) is 2.96. The Hall–Kier alpha value is -1.13. The Morgan fingerprint density at radius 1 is 1.20 bits per heavy atom. The third-order valence-corrected chi connectivity index (χ3v) is 3.72. The Morgan fingerprint density at radius 2 is 1.80 bits per heavy atom. The number of anilines is 1. The van der Waals surface area contributed by atoms with Gasteiger partial charge < -0.3 is 15.0 Å². The van der Waals surface area contributed by atoms with Crippen LogP contribution in [-0.4, -0.2) is 36.3 Å². The number of rotatable bonds is 3. The van der Waals surface area contributed by atoms with Crippen LogP contribution in [0.5, 0.6) is 0 Å². The van der Waals surface area contributed by atoms with Crippen molar-refractivity contribution in [3.05, 3.63) is 23.9 Å². The summed E-state index contributed by atoms with van der Waals surface area (Å²) in [6, 6.07) is 4.59. The normalized spacial score (nSPS) is 22.6. The van der Waals surface area contributed by atoms with Crippen LogP contribution in [0, 0.1) is 0 Å². The Labute approximate surface area is 122 Å². The zero-order valence-corrected chi connectivity index (χ0v) is 13.5. The molecule has 2 heterocycles. The molecule has 0 aliphatic carbocycles. The van der Waals surface area contributed by atoms with Gasteiger partial charge in [0.15, 0.2) is 0 Å². The van der Waals surface area contributed by atoms with Crippen LogP contribution in [0.1, 0.15) is 46.2 Å². The molecule has 0 bridgehead atoms. The average molecular weight is 277 g/mol. The molecule has 1 aliphatic rings. The Kier molecular flexibility index (Phi) is 4.07. The van der Waals surface area contributed by atoms with Crippen molar-refractivity contribution in [2.75, 3.05) is 25.0 Å². The number of morpholine rings is 1. The highest BCUT2D eigenvalue weighted by Crippen LogP contribution is 2.30.